The van der Waals surface area contributed by atoms with Gasteiger partial charge in [0.1, 0.15) is 11.6 Å². The lowest BCUT2D eigenvalue weighted by Crippen LogP contribution is -2.09. The van der Waals surface area contributed by atoms with Gasteiger partial charge in [-0.2, -0.15) is 0 Å². The van der Waals surface area contributed by atoms with E-state index in [2.05, 4.69) is 16.9 Å². The Hall–Kier alpha value is -2.10. The fraction of sp³-hybridized carbons (Fsp3) is 0.286. The molecule has 4 heteroatoms. The van der Waals surface area contributed by atoms with Crippen LogP contribution in [0.15, 0.2) is 35.1 Å². The van der Waals surface area contributed by atoms with Crippen molar-refractivity contribution in [2.24, 2.45) is 0 Å². The number of hydrogen-bond donors (Lipinski definition) is 1. The molecular weight excluding hydrogens is 228 g/mol. The SMILES string of the molecule is CCCOc1ccccc1-c1cc(=O)[nH]c(C)n1. The molecule has 0 aliphatic rings. The first-order valence-corrected chi connectivity index (χ1v) is 6.01. The van der Waals surface area contributed by atoms with Gasteiger partial charge in [-0.25, -0.2) is 4.98 Å². The van der Waals surface area contributed by atoms with Crippen LogP contribution >= 0.6 is 0 Å². The molecule has 1 heterocycles. The van der Waals surface area contributed by atoms with E-state index in [1.165, 1.54) is 6.07 Å². The van der Waals surface area contributed by atoms with Gasteiger partial charge in [0, 0.05) is 11.6 Å². The average molecular weight is 244 g/mol. The summed E-state index contributed by atoms with van der Waals surface area (Å²) in [6, 6.07) is 9.11. The topological polar surface area (TPSA) is 55.0 Å². The standard InChI is InChI=1S/C14H16N2O2/c1-3-8-18-13-7-5-4-6-11(13)12-9-14(17)16-10(2)15-12/h4-7,9H,3,8H2,1-2H3,(H,15,16,17). The molecule has 0 atom stereocenters. The third-order valence-corrected chi connectivity index (χ3v) is 2.48. The van der Waals surface area contributed by atoms with Crippen LogP contribution in [0.5, 0.6) is 5.75 Å². The van der Waals surface area contributed by atoms with Gasteiger partial charge in [-0.15, -0.1) is 0 Å². The van der Waals surface area contributed by atoms with Crippen LogP contribution in [0.25, 0.3) is 11.3 Å². The number of H-pyrrole nitrogens is 1. The second-order valence-electron chi connectivity index (χ2n) is 4.06. The lowest BCUT2D eigenvalue weighted by molar-refractivity contribution is 0.318. The van der Waals surface area contributed by atoms with Gasteiger partial charge in [0.2, 0.25) is 0 Å². The number of hydrogen-bond acceptors (Lipinski definition) is 3. The fourth-order valence-electron chi connectivity index (χ4n) is 1.73. The second-order valence-corrected chi connectivity index (χ2v) is 4.06. The number of aryl methyl sites for hydroxylation is 1. The van der Waals surface area contributed by atoms with Crippen molar-refractivity contribution in [1.82, 2.24) is 9.97 Å². The monoisotopic (exact) mass is 244 g/mol. The second kappa shape index (κ2) is 5.49. The predicted octanol–water partition coefficient (Wildman–Crippen LogP) is 2.53. The fourth-order valence-corrected chi connectivity index (χ4v) is 1.73. The van der Waals surface area contributed by atoms with E-state index in [1.807, 2.05) is 24.3 Å². The lowest BCUT2D eigenvalue weighted by atomic mass is 10.1. The Morgan fingerprint density at radius 1 is 1.33 bits per heavy atom. The summed E-state index contributed by atoms with van der Waals surface area (Å²) in [5, 5.41) is 0. The lowest BCUT2D eigenvalue weighted by Gasteiger charge is -2.10. The minimum atomic E-state index is -0.150. The highest BCUT2D eigenvalue weighted by Gasteiger charge is 2.08. The van der Waals surface area contributed by atoms with Crippen molar-refractivity contribution in [2.45, 2.75) is 20.3 Å². The summed E-state index contributed by atoms with van der Waals surface area (Å²) >= 11 is 0. The molecular formula is C14H16N2O2. The quantitative estimate of drug-likeness (QED) is 0.899. The third kappa shape index (κ3) is 2.77. The van der Waals surface area contributed by atoms with Gasteiger partial charge in [0.15, 0.2) is 0 Å². The molecule has 0 fully saturated rings. The van der Waals surface area contributed by atoms with Gasteiger partial charge in [-0.05, 0) is 25.5 Å². The summed E-state index contributed by atoms with van der Waals surface area (Å²) in [4.78, 5) is 18.4. The van der Waals surface area contributed by atoms with E-state index in [9.17, 15) is 4.79 Å². The highest BCUT2D eigenvalue weighted by Crippen LogP contribution is 2.27. The van der Waals surface area contributed by atoms with Crippen LogP contribution in [0.4, 0.5) is 0 Å². The van der Waals surface area contributed by atoms with E-state index in [4.69, 9.17) is 4.74 Å². The highest BCUT2D eigenvalue weighted by atomic mass is 16.5. The smallest absolute Gasteiger partial charge is 0.251 e. The molecule has 0 spiro atoms. The van der Waals surface area contributed by atoms with Crippen LogP contribution in [-0.2, 0) is 0 Å². The van der Waals surface area contributed by atoms with Crippen LogP contribution in [0, 0.1) is 6.92 Å². The number of benzene rings is 1. The normalized spacial score (nSPS) is 10.3. The van der Waals surface area contributed by atoms with Gasteiger partial charge in [-0.3, -0.25) is 4.79 Å². The maximum atomic E-state index is 11.5. The van der Waals surface area contributed by atoms with Crippen molar-refractivity contribution in [3.05, 3.63) is 46.5 Å². The molecule has 0 aliphatic carbocycles. The third-order valence-electron chi connectivity index (χ3n) is 2.48. The number of para-hydroxylation sites is 1. The minimum absolute atomic E-state index is 0.150. The number of ether oxygens (including phenoxy) is 1. The molecule has 1 aromatic heterocycles. The van der Waals surface area contributed by atoms with E-state index in [-0.39, 0.29) is 5.56 Å². The van der Waals surface area contributed by atoms with E-state index in [1.54, 1.807) is 6.92 Å². The molecule has 94 valence electrons. The molecule has 0 aliphatic heterocycles. The van der Waals surface area contributed by atoms with Crippen molar-refractivity contribution < 1.29 is 4.74 Å². The van der Waals surface area contributed by atoms with Crippen molar-refractivity contribution in [3.63, 3.8) is 0 Å². The van der Waals surface area contributed by atoms with Crippen LogP contribution < -0.4 is 10.3 Å². The first kappa shape index (κ1) is 12.4. The Morgan fingerprint density at radius 3 is 2.83 bits per heavy atom. The van der Waals surface area contributed by atoms with Crippen molar-refractivity contribution in [3.8, 4) is 17.0 Å². The molecule has 0 radical (unpaired) electrons. The largest absolute Gasteiger partial charge is 0.493 e. The molecule has 1 aromatic carbocycles. The zero-order valence-electron chi connectivity index (χ0n) is 10.6. The van der Waals surface area contributed by atoms with Gasteiger partial charge >= 0.3 is 0 Å². The van der Waals surface area contributed by atoms with Crippen molar-refractivity contribution in [1.29, 1.82) is 0 Å². The molecule has 18 heavy (non-hydrogen) atoms. The summed E-state index contributed by atoms with van der Waals surface area (Å²) in [6.45, 7) is 4.47. The molecule has 0 saturated carbocycles. The minimum Gasteiger partial charge on any atom is -0.493 e. The Kier molecular flexibility index (Phi) is 3.77. The first-order chi connectivity index (χ1) is 8.70. The molecule has 2 aromatic rings. The zero-order valence-corrected chi connectivity index (χ0v) is 10.6. The van der Waals surface area contributed by atoms with E-state index in [0.717, 1.165) is 17.7 Å². The average Bonchev–Trinajstić information content (AvgIpc) is 2.35. The number of rotatable bonds is 4. The molecule has 1 N–H and O–H groups in total. The van der Waals surface area contributed by atoms with Crippen LogP contribution in [-0.4, -0.2) is 16.6 Å². The van der Waals surface area contributed by atoms with Crippen LogP contribution in [0.1, 0.15) is 19.2 Å². The molecule has 4 nitrogen and oxygen atoms in total. The van der Waals surface area contributed by atoms with Gasteiger partial charge in [-0.1, -0.05) is 19.1 Å². The Bertz CT molecular complexity index is 590. The van der Waals surface area contributed by atoms with E-state index < -0.39 is 0 Å². The zero-order chi connectivity index (χ0) is 13.0. The molecule has 0 saturated heterocycles. The number of aromatic amines is 1. The molecule has 0 bridgehead atoms. The first-order valence-electron chi connectivity index (χ1n) is 6.01. The molecule has 0 amide bonds. The Morgan fingerprint density at radius 2 is 2.11 bits per heavy atom. The van der Waals surface area contributed by atoms with Crippen LogP contribution in [0.2, 0.25) is 0 Å². The Balaban J connectivity index is 2.46. The van der Waals surface area contributed by atoms with E-state index >= 15 is 0 Å². The van der Waals surface area contributed by atoms with Gasteiger partial charge < -0.3 is 9.72 Å². The van der Waals surface area contributed by atoms with Crippen molar-refractivity contribution >= 4 is 0 Å². The number of nitrogens with zero attached hydrogens (tertiary/aromatic N) is 1. The number of nitrogens with one attached hydrogen (secondary N) is 1. The van der Waals surface area contributed by atoms with Crippen molar-refractivity contribution in [2.75, 3.05) is 6.61 Å². The summed E-state index contributed by atoms with van der Waals surface area (Å²) in [6.07, 6.45) is 0.941. The van der Waals surface area contributed by atoms with Gasteiger partial charge in [0.05, 0.1) is 12.3 Å². The summed E-state index contributed by atoms with van der Waals surface area (Å²) in [7, 11) is 0. The summed E-state index contributed by atoms with van der Waals surface area (Å²) in [5.74, 6) is 1.36. The van der Waals surface area contributed by atoms with Gasteiger partial charge in [0.25, 0.3) is 5.56 Å². The Labute approximate surface area is 106 Å². The summed E-state index contributed by atoms with van der Waals surface area (Å²) in [5.41, 5.74) is 1.34. The predicted molar refractivity (Wildman–Crippen MR) is 70.8 cm³/mol. The summed E-state index contributed by atoms with van der Waals surface area (Å²) < 4.78 is 5.67. The van der Waals surface area contributed by atoms with Crippen LogP contribution in [0.3, 0.4) is 0 Å². The molecule has 0 unspecified atom stereocenters. The van der Waals surface area contributed by atoms with E-state index in [0.29, 0.717) is 18.1 Å². The number of aromatic nitrogens is 2. The molecule has 2 rings (SSSR count). The maximum absolute atomic E-state index is 11.5. The maximum Gasteiger partial charge on any atom is 0.251 e. The highest BCUT2D eigenvalue weighted by molar-refractivity contribution is 5.66.